The number of rotatable bonds is 1. The Morgan fingerprint density at radius 3 is 2.82 bits per heavy atom. The van der Waals surface area contributed by atoms with Gasteiger partial charge in [0.1, 0.15) is 5.75 Å². The Kier molecular flexibility index (Phi) is 1.72. The molecule has 11 heavy (non-hydrogen) atoms. The van der Waals surface area contributed by atoms with Crippen LogP contribution in [0.15, 0.2) is 12.3 Å². The van der Waals surface area contributed by atoms with Crippen LogP contribution in [-0.4, -0.2) is 16.0 Å². The molecule has 1 rings (SSSR count). The molecule has 0 aromatic carbocycles. The second-order valence-corrected chi connectivity index (χ2v) is 1.89. The van der Waals surface area contributed by atoms with Gasteiger partial charge in [-0.15, -0.1) is 0 Å². The van der Waals surface area contributed by atoms with Crippen LogP contribution in [0.25, 0.3) is 0 Å². The quantitative estimate of drug-likeness (QED) is 0.602. The van der Waals surface area contributed by atoms with Crippen molar-refractivity contribution < 1.29 is 14.3 Å². The highest BCUT2D eigenvalue weighted by atomic mass is 19.1. The molecule has 5 heteroatoms. The summed E-state index contributed by atoms with van der Waals surface area (Å²) in [6.07, 6.45) is 0.948. The molecule has 0 aliphatic rings. The molecule has 1 aromatic heterocycles. The van der Waals surface area contributed by atoms with E-state index in [2.05, 4.69) is 4.98 Å². The zero-order chi connectivity index (χ0) is 8.43. The normalized spacial score (nSPS) is 9.55. The Balaban J connectivity index is 3.20. The molecule has 0 aliphatic carbocycles. The van der Waals surface area contributed by atoms with Crippen molar-refractivity contribution in [3.05, 3.63) is 23.8 Å². The van der Waals surface area contributed by atoms with Crippen LogP contribution in [0, 0.1) is 5.82 Å². The third kappa shape index (κ3) is 1.43. The molecule has 0 radical (unpaired) electrons. The second-order valence-electron chi connectivity index (χ2n) is 1.89. The minimum Gasteiger partial charge on any atom is -0.506 e. The molecule has 0 saturated heterocycles. The Morgan fingerprint density at radius 1 is 1.73 bits per heavy atom. The molecule has 4 nitrogen and oxygen atoms in total. The second kappa shape index (κ2) is 2.53. The number of nitrogens with two attached hydrogens (primary N) is 1. The maximum absolute atomic E-state index is 12.6. The fourth-order valence-electron chi connectivity index (χ4n) is 0.609. The highest BCUT2D eigenvalue weighted by Gasteiger charge is 2.09. The number of carbonyl (C=O) groups is 1. The van der Waals surface area contributed by atoms with Gasteiger partial charge in [-0.3, -0.25) is 4.79 Å². The van der Waals surface area contributed by atoms with Gasteiger partial charge in [0, 0.05) is 6.07 Å². The first kappa shape index (κ1) is 7.46. The van der Waals surface area contributed by atoms with Gasteiger partial charge in [-0.2, -0.15) is 0 Å². The molecule has 3 N–H and O–H groups in total. The molecule has 0 spiro atoms. The zero-order valence-corrected chi connectivity index (χ0v) is 5.41. The molecule has 0 bridgehead atoms. The first-order valence-corrected chi connectivity index (χ1v) is 2.75. The number of pyridine rings is 1. The molecule has 1 amide bonds. The van der Waals surface area contributed by atoms with E-state index in [0.717, 1.165) is 12.3 Å². The van der Waals surface area contributed by atoms with Crippen LogP contribution in [0.5, 0.6) is 5.75 Å². The predicted molar refractivity (Wildman–Crippen MR) is 34.4 cm³/mol. The molecule has 0 saturated carbocycles. The first-order valence-electron chi connectivity index (χ1n) is 2.75. The van der Waals surface area contributed by atoms with Crippen molar-refractivity contribution in [2.24, 2.45) is 5.73 Å². The molecule has 58 valence electrons. The van der Waals surface area contributed by atoms with Crippen LogP contribution in [0.3, 0.4) is 0 Å². The van der Waals surface area contributed by atoms with E-state index in [1.807, 2.05) is 0 Å². The van der Waals surface area contributed by atoms with Crippen molar-refractivity contribution in [1.29, 1.82) is 0 Å². The summed E-state index contributed by atoms with van der Waals surface area (Å²) in [5.41, 5.74) is 4.27. The van der Waals surface area contributed by atoms with Gasteiger partial charge in [-0.25, -0.2) is 9.37 Å². The molecular formula is C6H5FN2O2. The third-order valence-electron chi connectivity index (χ3n) is 1.06. The lowest BCUT2D eigenvalue weighted by Crippen LogP contribution is -2.14. The fourth-order valence-corrected chi connectivity index (χ4v) is 0.609. The Labute approximate surface area is 61.5 Å². The topological polar surface area (TPSA) is 76.2 Å². The van der Waals surface area contributed by atoms with E-state index in [1.54, 1.807) is 0 Å². The van der Waals surface area contributed by atoms with E-state index >= 15 is 0 Å². The van der Waals surface area contributed by atoms with Crippen molar-refractivity contribution in [2.45, 2.75) is 0 Å². The van der Waals surface area contributed by atoms with Gasteiger partial charge < -0.3 is 10.8 Å². The zero-order valence-electron chi connectivity index (χ0n) is 5.41. The summed E-state index contributed by atoms with van der Waals surface area (Å²) in [4.78, 5) is 13.6. The van der Waals surface area contributed by atoms with Crippen LogP contribution < -0.4 is 5.73 Å². The minimum atomic E-state index is -0.956. The van der Waals surface area contributed by atoms with E-state index in [1.165, 1.54) is 0 Å². The van der Waals surface area contributed by atoms with Gasteiger partial charge in [-0.05, 0) is 0 Å². The summed E-state index contributed by atoms with van der Waals surface area (Å²) in [5.74, 6) is -2.22. The fraction of sp³-hybridized carbons (Fsp3) is 0. The summed E-state index contributed by atoms with van der Waals surface area (Å²) < 4.78 is 12.6. The standard InChI is InChI=1S/C6H5FN2O2/c7-4-1-3(10)2-9-5(4)6(8)11/h1-2,10H,(H2,8,11). The highest BCUT2D eigenvalue weighted by Crippen LogP contribution is 2.10. The van der Waals surface area contributed by atoms with Crippen molar-refractivity contribution >= 4 is 5.91 Å². The highest BCUT2D eigenvalue weighted by molar-refractivity contribution is 5.91. The van der Waals surface area contributed by atoms with Gasteiger partial charge in [0.25, 0.3) is 5.91 Å². The van der Waals surface area contributed by atoms with Gasteiger partial charge in [-0.1, -0.05) is 0 Å². The maximum Gasteiger partial charge on any atom is 0.270 e. The average Bonchev–Trinajstić information content (AvgIpc) is 1.85. The summed E-state index contributed by atoms with van der Waals surface area (Å²) >= 11 is 0. The van der Waals surface area contributed by atoms with Crippen LogP contribution in [-0.2, 0) is 0 Å². The Morgan fingerprint density at radius 2 is 2.36 bits per heavy atom. The van der Waals surface area contributed by atoms with Crippen molar-refractivity contribution in [3.8, 4) is 5.75 Å². The molecule has 0 aliphatic heterocycles. The lowest BCUT2D eigenvalue weighted by atomic mass is 10.3. The number of amides is 1. The van der Waals surface area contributed by atoms with E-state index in [4.69, 9.17) is 10.8 Å². The van der Waals surface area contributed by atoms with E-state index < -0.39 is 17.4 Å². The maximum atomic E-state index is 12.6. The molecule has 1 heterocycles. The molecule has 1 aromatic rings. The number of aromatic nitrogens is 1. The largest absolute Gasteiger partial charge is 0.506 e. The van der Waals surface area contributed by atoms with Crippen LogP contribution in [0.4, 0.5) is 4.39 Å². The average molecular weight is 156 g/mol. The van der Waals surface area contributed by atoms with Crippen LogP contribution >= 0.6 is 0 Å². The van der Waals surface area contributed by atoms with Gasteiger partial charge in [0.05, 0.1) is 6.20 Å². The van der Waals surface area contributed by atoms with Gasteiger partial charge in [0.15, 0.2) is 11.5 Å². The third-order valence-corrected chi connectivity index (χ3v) is 1.06. The van der Waals surface area contributed by atoms with E-state index in [-0.39, 0.29) is 5.75 Å². The number of halogens is 1. The van der Waals surface area contributed by atoms with Crippen molar-refractivity contribution in [2.75, 3.05) is 0 Å². The lowest BCUT2D eigenvalue weighted by Gasteiger charge is -1.95. The Hall–Kier alpha value is -1.65. The van der Waals surface area contributed by atoms with Crippen molar-refractivity contribution in [3.63, 3.8) is 0 Å². The summed E-state index contributed by atoms with van der Waals surface area (Å²) in [7, 11) is 0. The SMILES string of the molecule is NC(=O)c1ncc(O)cc1F. The number of hydrogen-bond acceptors (Lipinski definition) is 3. The minimum absolute atomic E-state index is 0.340. The number of primary amides is 1. The molecular weight excluding hydrogens is 151 g/mol. The first-order chi connectivity index (χ1) is 5.11. The molecule has 0 unspecified atom stereocenters. The number of hydrogen-bond donors (Lipinski definition) is 2. The van der Waals surface area contributed by atoms with E-state index in [0.29, 0.717) is 0 Å². The van der Waals surface area contributed by atoms with Crippen LogP contribution in [0.2, 0.25) is 0 Å². The van der Waals surface area contributed by atoms with E-state index in [9.17, 15) is 9.18 Å². The Bertz CT molecular complexity index is 301. The van der Waals surface area contributed by atoms with Crippen LogP contribution in [0.1, 0.15) is 10.5 Å². The number of aromatic hydroxyl groups is 1. The smallest absolute Gasteiger partial charge is 0.270 e. The summed E-state index contributed by atoms with van der Waals surface area (Å²) in [6.45, 7) is 0. The monoisotopic (exact) mass is 156 g/mol. The summed E-state index contributed by atoms with van der Waals surface area (Å²) in [5, 5.41) is 8.66. The lowest BCUT2D eigenvalue weighted by molar-refractivity contribution is 0.0991. The van der Waals surface area contributed by atoms with Gasteiger partial charge in [0.2, 0.25) is 0 Å². The van der Waals surface area contributed by atoms with Gasteiger partial charge >= 0.3 is 0 Å². The predicted octanol–water partition coefficient (Wildman–Crippen LogP) is 0.0252. The molecule has 0 fully saturated rings. The van der Waals surface area contributed by atoms with Crippen molar-refractivity contribution in [1.82, 2.24) is 4.98 Å². The number of nitrogens with zero attached hydrogens (tertiary/aromatic N) is 1. The number of carbonyl (C=O) groups excluding carboxylic acids is 1. The summed E-state index contributed by atoms with van der Waals surface area (Å²) in [6, 6.07) is 0.771. The molecule has 0 atom stereocenters.